The van der Waals surface area contributed by atoms with Crippen LogP contribution in [0.25, 0.3) is 0 Å². The third-order valence-corrected chi connectivity index (χ3v) is 4.85. The highest BCUT2D eigenvalue weighted by Crippen LogP contribution is 2.35. The molecule has 1 saturated carbocycles. The van der Waals surface area contributed by atoms with Crippen molar-refractivity contribution >= 4 is 21.8 Å². The van der Waals surface area contributed by atoms with Crippen molar-refractivity contribution in [1.82, 2.24) is 5.32 Å². The summed E-state index contributed by atoms with van der Waals surface area (Å²) in [6.45, 7) is 1.96. The van der Waals surface area contributed by atoms with Gasteiger partial charge in [0.05, 0.1) is 12.1 Å². The van der Waals surface area contributed by atoms with Crippen LogP contribution in [-0.4, -0.2) is 5.91 Å². The molecule has 0 heterocycles. The molecule has 1 fully saturated rings. The van der Waals surface area contributed by atoms with Crippen LogP contribution >= 0.6 is 15.9 Å². The Bertz CT molecular complexity index is 525. The van der Waals surface area contributed by atoms with Gasteiger partial charge >= 0.3 is 0 Å². The van der Waals surface area contributed by atoms with Crippen molar-refractivity contribution in [2.45, 2.75) is 51.5 Å². The Morgan fingerprint density at radius 3 is 2.33 bits per heavy atom. The molecule has 0 aliphatic heterocycles. The molecule has 2 rings (SSSR count). The molecular weight excluding hydrogens is 328 g/mol. The minimum absolute atomic E-state index is 0.0842. The van der Waals surface area contributed by atoms with Gasteiger partial charge in [-0.05, 0) is 37.5 Å². The number of carbonyl (C=O) groups is 1. The van der Waals surface area contributed by atoms with Crippen LogP contribution in [0.5, 0.6) is 0 Å². The Morgan fingerprint density at radius 2 is 1.81 bits per heavy atom. The summed E-state index contributed by atoms with van der Waals surface area (Å²) in [5, 5.41) is 12.6. The van der Waals surface area contributed by atoms with Crippen LogP contribution in [0.3, 0.4) is 0 Å². The zero-order chi connectivity index (χ0) is 15.3. The zero-order valence-corrected chi connectivity index (χ0v) is 13.9. The van der Waals surface area contributed by atoms with Gasteiger partial charge in [0.1, 0.15) is 5.41 Å². The van der Waals surface area contributed by atoms with Gasteiger partial charge < -0.3 is 5.32 Å². The van der Waals surface area contributed by atoms with Crippen LogP contribution in [-0.2, 0) is 4.79 Å². The molecular formula is C17H21BrN2O. The molecule has 1 aliphatic carbocycles. The maximum Gasteiger partial charge on any atom is 0.240 e. The first kappa shape index (κ1) is 16.0. The second-order valence-corrected chi connectivity index (χ2v) is 6.77. The Hall–Kier alpha value is -1.34. The van der Waals surface area contributed by atoms with E-state index >= 15 is 0 Å². The van der Waals surface area contributed by atoms with Gasteiger partial charge in [0, 0.05) is 4.47 Å². The van der Waals surface area contributed by atoms with E-state index in [2.05, 4.69) is 27.3 Å². The second-order valence-electron chi connectivity index (χ2n) is 5.85. The van der Waals surface area contributed by atoms with Gasteiger partial charge in [-0.1, -0.05) is 53.7 Å². The first-order valence-corrected chi connectivity index (χ1v) is 8.34. The molecule has 0 spiro atoms. The number of hydrogen-bond acceptors (Lipinski definition) is 2. The molecule has 3 nitrogen and oxygen atoms in total. The summed E-state index contributed by atoms with van der Waals surface area (Å²) in [7, 11) is 0. The van der Waals surface area contributed by atoms with Crippen molar-refractivity contribution in [3.05, 3.63) is 34.3 Å². The van der Waals surface area contributed by atoms with Gasteiger partial charge in [0.2, 0.25) is 5.91 Å². The topological polar surface area (TPSA) is 52.9 Å². The monoisotopic (exact) mass is 348 g/mol. The Kier molecular flexibility index (Phi) is 5.41. The molecule has 0 bridgehead atoms. The van der Waals surface area contributed by atoms with Gasteiger partial charge in [0.25, 0.3) is 0 Å². The molecule has 0 radical (unpaired) electrons. The van der Waals surface area contributed by atoms with Crippen LogP contribution in [0.15, 0.2) is 28.7 Å². The van der Waals surface area contributed by atoms with E-state index < -0.39 is 5.41 Å². The van der Waals surface area contributed by atoms with Crippen LogP contribution in [0, 0.1) is 16.7 Å². The highest BCUT2D eigenvalue weighted by Gasteiger charge is 2.39. The van der Waals surface area contributed by atoms with Crippen LogP contribution in [0.4, 0.5) is 0 Å². The third kappa shape index (κ3) is 3.85. The number of halogens is 1. The maximum atomic E-state index is 12.6. The van der Waals surface area contributed by atoms with Gasteiger partial charge in [-0.15, -0.1) is 0 Å². The molecule has 0 saturated heterocycles. The lowest BCUT2D eigenvalue weighted by Crippen LogP contribution is -2.41. The summed E-state index contributed by atoms with van der Waals surface area (Å²) in [6.07, 6.45) is 5.55. The summed E-state index contributed by atoms with van der Waals surface area (Å²) in [6, 6.07) is 10.1. The fourth-order valence-electron chi connectivity index (χ4n) is 2.89. The van der Waals surface area contributed by atoms with E-state index in [4.69, 9.17) is 0 Å². The minimum atomic E-state index is -0.833. The molecule has 1 amide bonds. The lowest BCUT2D eigenvalue weighted by molar-refractivity contribution is -0.129. The summed E-state index contributed by atoms with van der Waals surface area (Å²) in [5.74, 6) is -0.109. The summed E-state index contributed by atoms with van der Waals surface area (Å²) >= 11 is 3.41. The number of amides is 1. The smallest absolute Gasteiger partial charge is 0.240 e. The number of nitrogens with one attached hydrogen (secondary N) is 1. The van der Waals surface area contributed by atoms with E-state index in [1.54, 1.807) is 0 Å². The Morgan fingerprint density at radius 1 is 1.24 bits per heavy atom. The van der Waals surface area contributed by atoms with Crippen LogP contribution < -0.4 is 5.32 Å². The summed E-state index contributed by atoms with van der Waals surface area (Å²) < 4.78 is 1.02. The summed E-state index contributed by atoms with van der Waals surface area (Å²) in [4.78, 5) is 12.6. The van der Waals surface area contributed by atoms with E-state index in [0.717, 1.165) is 35.7 Å². The average Bonchev–Trinajstić information content (AvgIpc) is 2.74. The van der Waals surface area contributed by atoms with Crippen molar-refractivity contribution in [2.75, 3.05) is 0 Å². The molecule has 1 aromatic rings. The first-order chi connectivity index (χ1) is 10.1. The van der Waals surface area contributed by atoms with Crippen LogP contribution in [0.1, 0.15) is 57.1 Å². The highest BCUT2D eigenvalue weighted by molar-refractivity contribution is 9.10. The van der Waals surface area contributed by atoms with Gasteiger partial charge in [-0.3, -0.25) is 4.79 Å². The number of nitriles is 1. The fourth-order valence-corrected chi connectivity index (χ4v) is 3.16. The molecule has 1 N–H and O–H groups in total. The minimum Gasteiger partial charge on any atom is -0.348 e. The van der Waals surface area contributed by atoms with E-state index in [-0.39, 0.29) is 11.9 Å². The fraction of sp³-hybridized carbons (Fsp3) is 0.529. The molecule has 0 aromatic heterocycles. The third-order valence-electron chi connectivity index (χ3n) is 4.32. The average molecular weight is 349 g/mol. The molecule has 1 atom stereocenters. The maximum absolute atomic E-state index is 12.6. The predicted molar refractivity (Wildman–Crippen MR) is 86.4 cm³/mol. The molecule has 21 heavy (non-hydrogen) atoms. The normalized spacial score (nSPS) is 19.1. The Balaban J connectivity index is 2.08. The summed E-state index contributed by atoms with van der Waals surface area (Å²) in [5.41, 5.74) is 0.216. The van der Waals surface area contributed by atoms with Crippen molar-refractivity contribution in [3.63, 3.8) is 0 Å². The van der Waals surface area contributed by atoms with Crippen LogP contribution in [0.2, 0.25) is 0 Å². The number of hydrogen-bond donors (Lipinski definition) is 1. The number of nitrogens with zero attached hydrogens (tertiary/aromatic N) is 1. The quantitative estimate of drug-likeness (QED) is 0.818. The molecule has 1 unspecified atom stereocenters. The SMILES string of the molecule is CC(NC(=O)C1(C#N)CCCCCC1)c1ccc(Br)cc1. The van der Waals surface area contributed by atoms with Gasteiger partial charge in [-0.25, -0.2) is 0 Å². The van der Waals surface area contributed by atoms with Crippen molar-refractivity contribution < 1.29 is 4.79 Å². The largest absolute Gasteiger partial charge is 0.348 e. The number of rotatable bonds is 3. The van der Waals surface area contributed by atoms with E-state index in [1.807, 2.05) is 31.2 Å². The van der Waals surface area contributed by atoms with Crippen molar-refractivity contribution in [2.24, 2.45) is 5.41 Å². The molecule has 4 heteroatoms. The number of carbonyl (C=O) groups excluding carboxylic acids is 1. The zero-order valence-electron chi connectivity index (χ0n) is 12.4. The number of benzene rings is 1. The van der Waals surface area contributed by atoms with Gasteiger partial charge in [0.15, 0.2) is 0 Å². The van der Waals surface area contributed by atoms with E-state index in [1.165, 1.54) is 0 Å². The van der Waals surface area contributed by atoms with E-state index in [9.17, 15) is 10.1 Å². The van der Waals surface area contributed by atoms with E-state index in [0.29, 0.717) is 12.8 Å². The lowest BCUT2D eigenvalue weighted by Gasteiger charge is -2.26. The van der Waals surface area contributed by atoms with Gasteiger partial charge in [-0.2, -0.15) is 5.26 Å². The molecule has 112 valence electrons. The van der Waals surface area contributed by atoms with Crippen molar-refractivity contribution in [1.29, 1.82) is 5.26 Å². The molecule has 1 aliphatic rings. The Labute approximate surface area is 134 Å². The standard InChI is InChI=1S/C17H21BrN2O/c1-13(14-6-8-15(18)9-7-14)20-16(21)17(12-19)10-4-2-3-5-11-17/h6-9,13H,2-5,10-11H2,1H3,(H,20,21). The lowest BCUT2D eigenvalue weighted by atomic mass is 9.80. The van der Waals surface area contributed by atoms with Crippen molar-refractivity contribution in [3.8, 4) is 6.07 Å². The first-order valence-electron chi connectivity index (χ1n) is 7.55. The predicted octanol–water partition coefficient (Wildman–Crippen LogP) is 4.49. The molecule has 1 aromatic carbocycles. The second kappa shape index (κ2) is 7.09. The highest BCUT2D eigenvalue weighted by atomic mass is 79.9.